The van der Waals surface area contributed by atoms with Crippen LogP contribution < -0.4 is 5.73 Å². The van der Waals surface area contributed by atoms with Crippen molar-refractivity contribution in [2.24, 2.45) is 0 Å². The first kappa shape index (κ1) is 12.3. The van der Waals surface area contributed by atoms with Gasteiger partial charge in [0.25, 0.3) is 5.22 Å². The fourth-order valence-electron chi connectivity index (χ4n) is 1.55. The Morgan fingerprint density at radius 2 is 2.00 bits per heavy atom. The van der Waals surface area contributed by atoms with Gasteiger partial charge in [-0.3, -0.25) is 0 Å². The van der Waals surface area contributed by atoms with Crippen molar-refractivity contribution in [1.29, 1.82) is 0 Å². The molecule has 0 aliphatic carbocycles. The number of anilines is 1. The van der Waals surface area contributed by atoms with Crippen LogP contribution in [-0.2, 0) is 0 Å². The monoisotopic (exact) mass is 290 g/mol. The molecule has 0 aliphatic heterocycles. The average molecular weight is 290 g/mol. The third-order valence-electron chi connectivity index (χ3n) is 2.41. The summed E-state index contributed by atoms with van der Waals surface area (Å²) < 4.78 is 5.63. The summed E-state index contributed by atoms with van der Waals surface area (Å²) in [7, 11) is 0. The summed E-state index contributed by atoms with van der Waals surface area (Å²) in [5.41, 5.74) is 7.85. The predicted molar refractivity (Wildman–Crippen MR) is 76.4 cm³/mol. The highest BCUT2D eigenvalue weighted by Crippen LogP contribution is 2.30. The zero-order valence-corrected chi connectivity index (χ0v) is 11.7. The number of benzene rings is 1. The highest BCUT2D eigenvalue weighted by Gasteiger charge is 2.09. The molecule has 96 valence electrons. The van der Waals surface area contributed by atoms with Gasteiger partial charge in [-0.1, -0.05) is 0 Å². The molecule has 5 nitrogen and oxygen atoms in total. The van der Waals surface area contributed by atoms with Crippen molar-refractivity contribution in [1.82, 2.24) is 15.0 Å². The van der Waals surface area contributed by atoms with Crippen LogP contribution in [-0.4, -0.2) is 21.2 Å². The molecule has 1 aromatic carbocycles. The minimum Gasteiger partial charge on any atom is -0.431 e. The molecule has 2 N–H and O–H groups in total. The predicted octanol–water partition coefficient (Wildman–Crippen LogP) is 3.07. The molecule has 0 radical (unpaired) electrons. The van der Waals surface area contributed by atoms with E-state index in [1.54, 1.807) is 23.9 Å². The van der Waals surface area contributed by atoms with Gasteiger partial charge in [0.1, 0.15) is 21.9 Å². The van der Waals surface area contributed by atoms with Gasteiger partial charge >= 0.3 is 0 Å². The number of nitrogens with two attached hydrogens (primary N) is 1. The Morgan fingerprint density at radius 1 is 1.16 bits per heavy atom. The molecule has 3 aromatic rings. The van der Waals surface area contributed by atoms with E-state index in [4.69, 9.17) is 10.2 Å². The van der Waals surface area contributed by atoms with E-state index in [1.807, 2.05) is 18.4 Å². The van der Waals surface area contributed by atoms with E-state index in [9.17, 15) is 0 Å². The second-order valence-electron chi connectivity index (χ2n) is 3.71. The van der Waals surface area contributed by atoms with Crippen LogP contribution in [0.1, 0.15) is 0 Å². The number of oxazole rings is 1. The second-order valence-corrected chi connectivity index (χ2v) is 5.51. The molecule has 0 aliphatic rings. The molecule has 0 saturated carbocycles. The van der Waals surface area contributed by atoms with E-state index in [-0.39, 0.29) is 0 Å². The first-order chi connectivity index (χ1) is 9.24. The van der Waals surface area contributed by atoms with Crippen LogP contribution in [0.2, 0.25) is 0 Å². The van der Waals surface area contributed by atoms with E-state index >= 15 is 0 Å². The molecule has 0 bridgehead atoms. The second kappa shape index (κ2) is 5.10. The molecule has 7 heteroatoms. The Kier molecular flexibility index (Phi) is 3.31. The maximum atomic E-state index is 5.71. The van der Waals surface area contributed by atoms with Crippen LogP contribution in [0.3, 0.4) is 0 Å². The van der Waals surface area contributed by atoms with Crippen LogP contribution >= 0.6 is 23.5 Å². The Labute approximate surface area is 118 Å². The molecule has 2 heterocycles. The van der Waals surface area contributed by atoms with E-state index in [0.29, 0.717) is 10.9 Å². The number of fused-ring (bicyclic) bond motifs is 1. The van der Waals surface area contributed by atoms with Crippen molar-refractivity contribution in [2.45, 2.75) is 15.3 Å². The molecule has 0 amide bonds. The number of nitrogens with zero attached hydrogens (tertiary/aromatic N) is 3. The standard InChI is InChI=1S/C12H10N4OS2/c1-18-10-5-11(15-6-14-10)19-12-16-8-4-7(13)2-3-9(8)17-12/h2-6H,13H2,1H3. The normalized spacial score (nSPS) is 11.0. The van der Waals surface area contributed by atoms with Crippen molar-refractivity contribution in [2.75, 3.05) is 12.0 Å². The molecule has 0 unspecified atom stereocenters. The highest BCUT2D eigenvalue weighted by atomic mass is 32.2. The first-order valence-electron chi connectivity index (χ1n) is 5.44. The van der Waals surface area contributed by atoms with Gasteiger partial charge in [-0.15, -0.1) is 11.8 Å². The smallest absolute Gasteiger partial charge is 0.263 e. The minimum atomic E-state index is 0.548. The molecule has 0 atom stereocenters. The summed E-state index contributed by atoms with van der Waals surface area (Å²) >= 11 is 2.93. The van der Waals surface area contributed by atoms with Gasteiger partial charge in [0.15, 0.2) is 5.58 Å². The zero-order valence-electron chi connectivity index (χ0n) is 10.0. The third-order valence-corrected chi connectivity index (χ3v) is 3.83. The van der Waals surface area contributed by atoms with Crippen molar-refractivity contribution in [3.05, 3.63) is 30.6 Å². The Hall–Kier alpha value is -1.73. The number of hydrogen-bond acceptors (Lipinski definition) is 7. The molecule has 0 fully saturated rings. The van der Waals surface area contributed by atoms with Gasteiger partial charge in [-0.25, -0.2) is 15.0 Å². The maximum Gasteiger partial charge on any atom is 0.263 e. The van der Waals surface area contributed by atoms with Crippen molar-refractivity contribution in [3.8, 4) is 0 Å². The fraction of sp³-hybridized carbons (Fsp3) is 0.0833. The molecule has 19 heavy (non-hydrogen) atoms. The van der Waals surface area contributed by atoms with E-state index in [0.717, 1.165) is 21.2 Å². The third kappa shape index (κ3) is 2.66. The molecule has 0 saturated heterocycles. The number of aromatic nitrogens is 3. The Bertz CT molecular complexity index is 729. The number of rotatable bonds is 3. The van der Waals surface area contributed by atoms with Crippen LogP contribution in [0.4, 0.5) is 5.69 Å². The minimum absolute atomic E-state index is 0.548. The van der Waals surface area contributed by atoms with Gasteiger partial charge in [0.2, 0.25) is 0 Å². The summed E-state index contributed by atoms with van der Waals surface area (Å²) in [5, 5.41) is 2.27. The largest absolute Gasteiger partial charge is 0.431 e. The number of hydrogen-bond donors (Lipinski definition) is 1. The zero-order chi connectivity index (χ0) is 13.2. The molecular weight excluding hydrogens is 280 g/mol. The Morgan fingerprint density at radius 3 is 2.84 bits per heavy atom. The van der Waals surface area contributed by atoms with Crippen molar-refractivity contribution in [3.63, 3.8) is 0 Å². The first-order valence-corrected chi connectivity index (χ1v) is 7.48. The van der Waals surface area contributed by atoms with E-state index in [2.05, 4.69) is 15.0 Å². The lowest BCUT2D eigenvalue weighted by Gasteiger charge is -1.97. The molecule has 2 aromatic heterocycles. The van der Waals surface area contributed by atoms with Gasteiger partial charge in [-0.05, 0) is 36.2 Å². The highest BCUT2D eigenvalue weighted by molar-refractivity contribution is 7.99. The quantitative estimate of drug-likeness (QED) is 0.451. The fourth-order valence-corrected chi connectivity index (χ4v) is 2.73. The number of thioether (sulfide) groups is 1. The van der Waals surface area contributed by atoms with Gasteiger partial charge in [0, 0.05) is 11.8 Å². The van der Waals surface area contributed by atoms with Crippen molar-refractivity contribution >= 4 is 40.3 Å². The van der Waals surface area contributed by atoms with Crippen LogP contribution in [0.25, 0.3) is 11.1 Å². The van der Waals surface area contributed by atoms with Gasteiger partial charge in [-0.2, -0.15) is 0 Å². The van der Waals surface area contributed by atoms with Crippen LogP contribution in [0.5, 0.6) is 0 Å². The molecule has 3 rings (SSSR count). The summed E-state index contributed by atoms with van der Waals surface area (Å²) in [6.07, 6.45) is 3.51. The average Bonchev–Trinajstić information content (AvgIpc) is 2.80. The van der Waals surface area contributed by atoms with Crippen LogP contribution in [0, 0.1) is 0 Å². The maximum absolute atomic E-state index is 5.71. The summed E-state index contributed by atoms with van der Waals surface area (Å²) in [6.45, 7) is 0. The Balaban J connectivity index is 1.92. The van der Waals surface area contributed by atoms with E-state index < -0.39 is 0 Å². The lowest BCUT2D eigenvalue weighted by atomic mass is 10.3. The number of nitrogen functional groups attached to an aromatic ring is 1. The summed E-state index contributed by atoms with van der Waals surface area (Å²) in [4.78, 5) is 12.7. The molecule has 0 spiro atoms. The lowest BCUT2D eigenvalue weighted by molar-refractivity contribution is 0.489. The SMILES string of the molecule is CSc1cc(Sc2nc3cc(N)ccc3o2)ncn1. The summed E-state index contributed by atoms with van der Waals surface area (Å²) in [5.74, 6) is 0. The van der Waals surface area contributed by atoms with Crippen molar-refractivity contribution < 1.29 is 4.42 Å². The summed E-state index contributed by atoms with van der Waals surface area (Å²) in [6, 6.07) is 7.29. The topological polar surface area (TPSA) is 77.8 Å². The lowest BCUT2D eigenvalue weighted by Crippen LogP contribution is -1.84. The van der Waals surface area contributed by atoms with Crippen LogP contribution in [0.15, 0.2) is 50.3 Å². The molecular formula is C12H10N4OS2. The van der Waals surface area contributed by atoms with E-state index in [1.165, 1.54) is 18.1 Å². The van der Waals surface area contributed by atoms with Gasteiger partial charge in [0.05, 0.1) is 0 Å². The van der Waals surface area contributed by atoms with Gasteiger partial charge < -0.3 is 10.2 Å².